The van der Waals surface area contributed by atoms with Crippen LogP contribution in [0.3, 0.4) is 0 Å². The molecule has 0 atom stereocenters. The third kappa shape index (κ3) is 2.21. The summed E-state index contributed by atoms with van der Waals surface area (Å²) in [6, 6.07) is 5.10. The lowest BCUT2D eigenvalue weighted by molar-refractivity contribution is 0.414. The number of hydrogen-bond donors (Lipinski definition) is 1. The van der Waals surface area contributed by atoms with Gasteiger partial charge in [-0.25, -0.2) is 0 Å². The van der Waals surface area contributed by atoms with E-state index in [2.05, 4.69) is 4.98 Å². The first kappa shape index (κ1) is 3.63. The van der Waals surface area contributed by atoms with Crippen LogP contribution in [0.5, 0.6) is 0 Å². The number of aryl methyl sites for hydroxylation is 2. The summed E-state index contributed by atoms with van der Waals surface area (Å²) in [7, 11) is 0. The molecule has 0 amide bonds. The number of likely N-dealkylation sites (N-methyl/N-ethyl adjacent to an activating group) is 1. The normalized spacial score (nSPS) is 24.9. The fourth-order valence-corrected chi connectivity index (χ4v) is 1.45. The van der Waals surface area contributed by atoms with Gasteiger partial charge in [0.2, 0.25) is 0 Å². The largest absolute Gasteiger partial charge is 0.361 e. The van der Waals surface area contributed by atoms with Crippen LogP contribution in [0.2, 0.25) is 0 Å². The summed E-state index contributed by atoms with van der Waals surface area (Å²) in [5.74, 6) is 0. The number of benzene rings is 1. The molecular formula is C13H18N2. The van der Waals surface area contributed by atoms with E-state index < -0.39 is 26.8 Å². The summed E-state index contributed by atoms with van der Waals surface area (Å²) >= 11 is 0. The number of rotatable bonds is 3. The van der Waals surface area contributed by atoms with Gasteiger partial charge in [0.15, 0.2) is 0 Å². The lowest BCUT2D eigenvalue weighted by Crippen LogP contribution is -2.14. The van der Waals surface area contributed by atoms with E-state index >= 15 is 0 Å². The Morgan fingerprint density at radius 2 is 2.33 bits per heavy atom. The third-order valence-electron chi connectivity index (χ3n) is 2.14. The molecule has 0 aliphatic heterocycles. The van der Waals surface area contributed by atoms with Crippen LogP contribution in [-0.2, 0) is 6.37 Å². The lowest BCUT2D eigenvalue weighted by atomic mass is 10.1. The first-order valence-electron chi connectivity index (χ1n) is 9.49. The van der Waals surface area contributed by atoms with E-state index in [-0.39, 0.29) is 10.5 Å². The van der Waals surface area contributed by atoms with Gasteiger partial charge in [-0.3, -0.25) is 0 Å². The highest BCUT2D eigenvalue weighted by atomic mass is 15.0. The van der Waals surface area contributed by atoms with Gasteiger partial charge in [0.25, 0.3) is 0 Å². The van der Waals surface area contributed by atoms with E-state index in [9.17, 15) is 0 Å². The summed E-state index contributed by atoms with van der Waals surface area (Å²) < 4.78 is 77.0. The summed E-state index contributed by atoms with van der Waals surface area (Å²) in [4.78, 5) is 2.44. The molecule has 0 saturated carbocycles. The van der Waals surface area contributed by atoms with Crippen molar-refractivity contribution >= 4 is 10.9 Å². The molecule has 1 heterocycles. The van der Waals surface area contributed by atoms with Crippen molar-refractivity contribution < 1.29 is 13.7 Å². The van der Waals surface area contributed by atoms with Crippen LogP contribution in [0.15, 0.2) is 24.4 Å². The van der Waals surface area contributed by atoms with Gasteiger partial charge in [0, 0.05) is 37.3 Å². The molecule has 0 aliphatic rings. The van der Waals surface area contributed by atoms with E-state index in [0.29, 0.717) is 10.9 Å². The molecule has 0 aliphatic carbocycles. The van der Waals surface area contributed by atoms with E-state index in [1.165, 1.54) is 6.20 Å². The van der Waals surface area contributed by atoms with Crippen molar-refractivity contribution in [1.82, 2.24) is 9.88 Å². The average Bonchev–Trinajstić information content (AvgIpc) is 2.77. The zero-order chi connectivity index (χ0) is 19.4. The minimum atomic E-state index is -3.36. The van der Waals surface area contributed by atoms with Crippen LogP contribution in [-0.4, -0.2) is 30.3 Å². The highest BCUT2D eigenvalue weighted by molar-refractivity contribution is 5.83. The molecule has 0 spiro atoms. The highest BCUT2D eigenvalue weighted by Crippen LogP contribution is 2.19. The maximum absolute atomic E-state index is 8.26. The number of hydrogen-bond acceptors (Lipinski definition) is 1. The Kier molecular flexibility index (Phi) is 0.986. The van der Waals surface area contributed by atoms with Gasteiger partial charge in [-0.15, -0.1) is 0 Å². The Balaban J connectivity index is 2.68. The molecule has 1 N–H and O–H groups in total. The SMILES string of the molecule is [2H]C([2H])([2H])N(C([2H])([2H])[2H])C([2H])([2H])C([2H])([2H])c1c[nH]c2ccc(C)cc12. The zero-order valence-electron chi connectivity index (χ0n) is 18.3. The summed E-state index contributed by atoms with van der Waals surface area (Å²) in [6.07, 6.45) is -1.68. The molecule has 15 heavy (non-hydrogen) atoms. The summed E-state index contributed by atoms with van der Waals surface area (Å²) in [6.45, 7) is -8.27. The predicted octanol–water partition coefficient (Wildman–Crippen LogP) is 2.58. The van der Waals surface area contributed by atoms with Gasteiger partial charge in [-0.2, -0.15) is 0 Å². The van der Waals surface area contributed by atoms with Crippen LogP contribution in [0.1, 0.15) is 24.8 Å². The van der Waals surface area contributed by atoms with Crippen molar-refractivity contribution in [2.75, 3.05) is 20.4 Å². The smallest absolute Gasteiger partial charge is 0.0456 e. The maximum Gasteiger partial charge on any atom is 0.0456 e. The number of fused-ring (bicyclic) bond motifs is 1. The highest BCUT2D eigenvalue weighted by Gasteiger charge is 2.03. The summed E-state index contributed by atoms with van der Waals surface area (Å²) in [5, 5.41) is 0.366. The Morgan fingerprint density at radius 1 is 1.47 bits per heavy atom. The fraction of sp³-hybridized carbons (Fsp3) is 0.385. The summed E-state index contributed by atoms with van der Waals surface area (Å²) in [5.41, 5.74) is 1.19. The van der Waals surface area contributed by atoms with Crippen molar-refractivity contribution in [3.8, 4) is 0 Å². The molecule has 0 unspecified atom stereocenters. The van der Waals surface area contributed by atoms with Crippen molar-refractivity contribution in [3.05, 3.63) is 35.5 Å². The number of H-pyrrole nitrogens is 1. The Labute approximate surface area is 105 Å². The minimum Gasteiger partial charge on any atom is -0.361 e. The predicted molar refractivity (Wildman–Crippen MR) is 65.3 cm³/mol. The molecule has 2 heteroatoms. The molecule has 0 radical (unpaired) electrons. The van der Waals surface area contributed by atoms with E-state index in [0.717, 1.165) is 5.56 Å². The Morgan fingerprint density at radius 3 is 3.13 bits per heavy atom. The molecule has 80 valence electrons. The van der Waals surface area contributed by atoms with E-state index in [1.54, 1.807) is 25.1 Å². The van der Waals surface area contributed by atoms with Crippen molar-refractivity contribution in [2.45, 2.75) is 13.3 Å². The Hall–Kier alpha value is -1.28. The number of aromatic nitrogens is 1. The van der Waals surface area contributed by atoms with Crippen LogP contribution in [0.25, 0.3) is 10.9 Å². The molecule has 0 saturated heterocycles. The van der Waals surface area contributed by atoms with Crippen LogP contribution < -0.4 is 0 Å². The van der Waals surface area contributed by atoms with Crippen molar-refractivity contribution in [2.24, 2.45) is 0 Å². The zero-order valence-corrected chi connectivity index (χ0v) is 8.26. The van der Waals surface area contributed by atoms with Gasteiger partial charge < -0.3 is 9.88 Å². The molecule has 2 aromatic rings. The van der Waals surface area contributed by atoms with Gasteiger partial charge in [-0.1, -0.05) is 11.6 Å². The number of nitrogens with one attached hydrogen (secondary N) is 1. The minimum absolute atomic E-state index is 0.144. The van der Waals surface area contributed by atoms with Crippen LogP contribution >= 0.6 is 0 Å². The molecule has 2 rings (SSSR count). The standard InChI is InChI=1S/C13H18N2/c1-10-4-5-13-12(8-10)11(9-14-13)6-7-15(2)3/h4-5,8-9,14H,6-7H2,1-3H3/i2D3,3D3,6D2,7D2. The van der Waals surface area contributed by atoms with Crippen LogP contribution in [0.4, 0.5) is 0 Å². The maximum atomic E-state index is 8.26. The van der Waals surface area contributed by atoms with E-state index in [4.69, 9.17) is 13.7 Å². The molecular weight excluding hydrogens is 184 g/mol. The lowest BCUT2D eigenvalue weighted by Gasteiger charge is -2.08. The number of nitrogens with zero attached hydrogens (tertiary/aromatic N) is 1. The molecule has 0 bridgehead atoms. The van der Waals surface area contributed by atoms with Gasteiger partial charge in [-0.05, 0) is 44.9 Å². The average molecular weight is 212 g/mol. The molecule has 1 aromatic carbocycles. The first-order valence-corrected chi connectivity index (χ1v) is 4.49. The van der Waals surface area contributed by atoms with Crippen molar-refractivity contribution in [1.29, 1.82) is 0 Å². The van der Waals surface area contributed by atoms with Gasteiger partial charge in [0.1, 0.15) is 0 Å². The first-order chi connectivity index (χ1) is 11.1. The van der Waals surface area contributed by atoms with Gasteiger partial charge in [0.05, 0.1) is 0 Å². The van der Waals surface area contributed by atoms with E-state index in [1.807, 2.05) is 0 Å². The number of aromatic amines is 1. The van der Waals surface area contributed by atoms with Crippen LogP contribution in [0, 0.1) is 6.92 Å². The second-order valence-electron chi connectivity index (χ2n) is 3.32. The van der Waals surface area contributed by atoms with Gasteiger partial charge >= 0.3 is 0 Å². The fourth-order valence-electron chi connectivity index (χ4n) is 1.45. The third-order valence-corrected chi connectivity index (χ3v) is 2.14. The second kappa shape index (κ2) is 4.07. The van der Waals surface area contributed by atoms with Crippen molar-refractivity contribution in [3.63, 3.8) is 0 Å². The quantitative estimate of drug-likeness (QED) is 0.828. The molecule has 2 nitrogen and oxygen atoms in total. The Bertz CT molecular complexity index is 757. The topological polar surface area (TPSA) is 19.0 Å². The second-order valence-corrected chi connectivity index (χ2v) is 3.32. The molecule has 0 fully saturated rings. The molecule has 1 aromatic heterocycles. The monoisotopic (exact) mass is 212 g/mol.